The van der Waals surface area contributed by atoms with Crippen molar-refractivity contribution < 1.29 is 23.8 Å². The van der Waals surface area contributed by atoms with Crippen molar-refractivity contribution in [3.8, 4) is 17.0 Å². The van der Waals surface area contributed by atoms with Crippen molar-refractivity contribution in [2.75, 3.05) is 27.3 Å². The highest BCUT2D eigenvalue weighted by molar-refractivity contribution is 6.04. The van der Waals surface area contributed by atoms with Crippen molar-refractivity contribution in [2.45, 2.75) is 70.6 Å². The molecule has 2 aromatic carbocycles. The number of hydrogen-bond donors (Lipinski definition) is 0. The van der Waals surface area contributed by atoms with Crippen molar-refractivity contribution in [3.63, 3.8) is 0 Å². The van der Waals surface area contributed by atoms with Crippen molar-refractivity contribution >= 4 is 28.9 Å². The Kier molecular flexibility index (Phi) is 7.17. The third-order valence-corrected chi connectivity index (χ3v) is 8.71. The van der Waals surface area contributed by atoms with Crippen LogP contribution < -0.4 is 4.74 Å². The number of rotatable bonds is 4. The van der Waals surface area contributed by atoms with Gasteiger partial charge in [-0.1, -0.05) is 37.5 Å². The minimum absolute atomic E-state index is 0.0110. The standard InChI is InChI=1S/C33H38N2O5/c1-20-17-34(18-21(2)40-20)32(36)24-15-27-25(11-8-12-29(27)38-3)31-30(22-9-6-5-7-10-22)26-14-13-23(33(37)39-4)16-28(26)35(31)19-24/h8,11-16,20-22H,5-7,9-10,17-19H2,1-4H3/t20-,21+. The molecule has 2 fully saturated rings. The van der Waals surface area contributed by atoms with Gasteiger partial charge in [0.15, 0.2) is 0 Å². The van der Waals surface area contributed by atoms with E-state index >= 15 is 0 Å². The van der Waals surface area contributed by atoms with E-state index in [2.05, 4.69) is 16.7 Å². The third-order valence-electron chi connectivity index (χ3n) is 8.71. The van der Waals surface area contributed by atoms with Crippen LogP contribution in [0, 0.1) is 0 Å². The van der Waals surface area contributed by atoms with E-state index in [1.54, 1.807) is 7.11 Å². The Balaban J connectivity index is 1.60. The minimum Gasteiger partial charge on any atom is -0.496 e. The number of amides is 1. The molecule has 7 heteroatoms. The smallest absolute Gasteiger partial charge is 0.337 e. The molecule has 3 aliphatic rings. The Morgan fingerprint density at radius 3 is 2.42 bits per heavy atom. The maximum atomic E-state index is 14.2. The molecule has 2 aliphatic heterocycles. The van der Waals surface area contributed by atoms with E-state index in [1.807, 2.05) is 49.1 Å². The second-order valence-corrected chi connectivity index (χ2v) is 11.5. The van der Waals surface area contributed by atoms with Crippen LogP contribution in [0.1, 0.15) is 73.4 Å². The highest BCUT2D eigenvalue weighted by atomic mass is 16.5. The fourth-order valence-electron chi connectivity index (χ4n) is 7.02. The van der Waals surface area contributed by atoms with Gasteiger partial charge < -0.3 is 23.7 Å². The van der Waals surface area contributed by atoms with Gasteiger partial charge in [-0.15, -0.1) is 0 Å². The summed E-state index contributed by atoms with van der Waals surface area (Å²) in [7, 11) is 3.09. The molecule has 1 amide bonds. The van der Waals surface area contributed by atoms with Crippen LogP contribution in [0.5, 0.6) is 5.75 Å². The Morgan fingerprint density at radius 2 is 1.73 bits per heavy atom. The Bertz CT molecular complexity index is 1490. The van der Waals surface area contributed by atoms with Gasteiger partial charge in [-0.25, -0.2) is 4.79 Å². The first-order valence-electron chi connectivity index (χ1n) is 14.5. The minimum atomic E-state index is -0.365. The van der Waals surface area contributed by atoms with Crippen molar-refractivity contribution in [1.82, 2.24) is 9.47 Å². The molecule has 0 bridgehead atoms. The van der Waals surface area contributed by atoms with Crippen molar-refractivity contribution in [1.29, 1.82) is 0 Å². The Labute approximate surface area is 235 Å². The van der Waals surface area contributed by atoms with Gasteiger partial charge in [0.25, 0.3) is 5.91 Å². The number of hydrogen-bond acceptors (Lipinski definition) is 5. The maximum Gasteiger partial charge on any atom is 0.337 e. The normalized spacial score (nSPS) is 21.3. The number of methoxy groups -OCH3 is 2. The van der Waals surface area contributed by atoms with Crippen LogP contribution in [0.15, 0.2) is 42.0 Å². The lowest BCUT2D eigenvalue weighted by Crippen LogP contribution is -2.48. The van der Waals surface area contributed by atoms with Crippen LogP contribution in [-0.4, -0.2) is 60.9 Å². The summed E-state index contributed by atoms with van der Waals surface area (Å²) < 4.78 is 19.1. The SMILES string of the molecule is COC(=O)c1ccc2c(C3CCCCC3)c3n(c2c1)CC(C(=O)N1C[C@@H](C)O[C@@H](C)C1)=Cc1c(OC)cccc1-3. The molecule has 0 radical (unpaired) electrons. The van der Waals surface area contributed by atoms with Crippen LogP contribution in [0.2, 0.25) is 0 Å². The van der Waals surface area contributed by atoms with Crippen LogP contribution in [0.3, 0.4) is 0 Å². The predicted octanol–water partition coefficient (Wildman–Crippen LogP) is 6.18. The topological polar surface area (TPSA) is 70.0 Å². The molecule has 7 nitrogen and oxygen atoms in total. The molecule has 0 N–H and O–H groups in total. The van der Waals surface area contributed by atoms with Crippen molar-refractivity contribution in [3.05, 3.63) is 58.7 Å². The van der Waals surface area contributed by atoms with Gasteiger partial charge in [0.05, 0.1) is 44.2 Å². The Morgan fingerprint density at radius 1 is 0.975 bits per heavy atom. The molecule has 3 aromatic rings. The summed E-state index contributed by atoms with van der Waals surface area (Å²) in [4.78, 5) is 28.7. The summed E-state index contributed by atoms with van der Waals surface area (Å²) in [5.41, 5.74) is 6.58. The number of nitrogens with zero attached hydrogens (tertiary/aromatic N) is 2. The summed E-state index contributed by atoms with van der Waals surface area (Å²) in [6, 6.07) is 12.0. The molecule has 0 unspecified atom stereocenters. The molecule has 210 valence electrons. The van der Waals surface area contributed by atoms with Gasteiger partial charge in [-0.3, -0.25) is 4.79 Å². The molecule has 2 atom stereocenters. The average Bonchev–Trinajstić information content (AvgIpc) is 3.18. The zero-order chi connectivity index (χ0) is 28.0. The highest BCUT2D eigenvalue weighted by Crippen LogP contribution is 2.48. The lowest BCUT2D eigenvalue weighted by Gasteiger charge is -2.35. The molecular weight excluding hydrogens is 504 g/mol. The zero-order valence-corrected chi connectivity index (χ0v) is 23.9. The summed E-state index contributed by atoms with van der Waals surface area (Å²) in [6.07, 6.45) is 7.91. The second-order valence-electron chi connectivity index (χ2n) is 11.5. The zero-order valence-electron chi connectivity index (χ0n) is 23.9. The van der Waals surface area contributed by atoms with Gasteiger partial charge in [0.1, 0.15) is 5.75 Å². The van der Waals surface area contributed by atoms with E-state index in [1.165, 1.54) is 31.9 Å². The summed E-state index contributed by atoms with van der Waals surface area (Å²) >= 11 is 0. The third kappa shape index (κ3) is 4.60. The van der Waals surface area contributed by atoms with Gasteiger partial charge in [0.2, 0.25) is 0 Å². The largest absolute Gasteiger partial charge is 0.496 e. The van der Waals surface area contributed by atoms with E-state index in [0.717, 1.165) is 46.3 Å². The lowest BCUT2D eigenvalue weighted by atomic mass is 9.81. The predicted molar refractivity (Wildman–Crippen MR) is 156 cm³/mol. The quantitative estimate of drug-likeness (QED) is 0.368. The van der Waals surface area contributed by atoms with E-state index in [4.69, 9.17) is 14.2 Å². The number of benzene rings is 2. The van der Waals surface area contributed by atoms with Crippen LogP contribution in [0.4, 0.5) is 0 Å². The molecule has 1 saturated carbocycles. The second kappa shape index (κ2) is 10.8. The van der Waals surface area contributed by atoms with E-state index in [0.29, 0.717) is 36.7 Å². The molecule has 0 spiro atoms. The van der Waals surface area contributed by atoms with Gasteiger partial charge >= 0.3 is 5.97 Å². The molecule has 6 rings (SSSR count). The number of esters is 1. The molecule has 40 heavy (non-hydrogen) atoms. The highest BCUT2D eigenvalue weighted by Gasteiger charge is 2.33. The Hall–Kier alpha value is -3.58. The number of aromatic nitrogens is 1. The first-order chi connectivity index (χ1) is 19.4. The average molecular weight is 543 g/mol. The van der Waals surface area contributed by atoms with E-state index < -0.39 is 0 Å². The van der Waals surface area contributed by atoms with E-state index in [-0.39, 0.29) is 24.1 Å². The molecule has 3 heterocycles. The number of morpholine rings is 1. The van der Waals surface area contributed by atoms with Gasteiger partial charge in [-0.05, 0) is 62.4 Å². The number of fused-ring (bicyclic) bond motifs is 5. The van der Waals surface area contributed by atoms with Crippen molar-refractivity contribution in [2.24, 2.45) is 0 Å². The van der Waals surface area contributed by atoms with Crippen LogP contribution in [-0.2, 0) is 20.8 Å². The molecule has 1 aromatic heterocycles. The summed E-state index contributed by atoms with van der Waals surface area (Å²) in [6.45, 7) is 5.53. The summed E-state index contributed by atoms with van der Waals surface area (Å²) in [5, 5.41) is 1.14. The number of carbonyl (C=O) groups is 2. The molecule has 1 aliphatic carbocycles. The van der Waals surface area contributed by atoms with Gasteiger partial charge in [-0.2, -0.15) is 0 Å². The summed E-state index contributed by atoms with van der Waals surface area (Å²) in [5.74, 6) is 0.802. The monoisotopic (exact) mass is 542 g/mol. The first kappa shape index (κ1) is 26.6. The number of ether oxygens (including phenoxy) is 3. The fraction of sp³-hybridized carbons (Fsp3) is 0.455. The van der Waals surface area contributed by atoms with E-state index in [9.17, 15) is 9.59 Å². The molecular formula is C33H38N2O5. The first-order valence-corrected chi connectivity index (χ1v) is 14.5. The maximum absolute atomic E-state index is 14.2. The number of carbonyl (C=O) groups excluding carboxylic acids is 2. The van der Waals surface area contributed by atoms with Gasteiger partial charge in [0, 0.05) is 40.7 Å². The van der Waals surface area contributed by atoms with Crippen LogP contribution >= 0.6 is 0 Å². The van der Waals surface area contributed by atoms with Crippen LogP contribution in [0.25, 0.3) is 28.2 Å². The molecule has 1 saturated heterocycles. The fourth-order valence-corrected chi connectivity index (χ4v) is 7.02. The lowest BCUT2D eigenvalue weighted by molar-refractivity contribution is -0.139.